The fourth-order valence-corrected chi connectivity index (χ4v) is 2.07. The Bertz CT molecular complexity index is 591. The molecule has 0 amide bonds. The first-order chi connectivity index (χ1) is 9.12. The Hall–Kier alpha value is -2.17. The Labute approximate surface area is 113 Å². The van der Waals surface area contributed by atoms with Crippen LogP contribution in [-0.2, 0) is 13.5 Å². The normalized spacial score (nSPS) is 10.5. The minimum absolute atomic E-state index is 0.628. The van der Waals surface area contributed by atoms with E-state index >= 15 is 0 Å². The predicted octanol–water partition coefficient (Wildman–Crippen LogP) is 2.25. The van der Waals surface area contributed by atoms with Crippen molar-refractivity contribution in [1.29, 1.82) is 0 Å². The molecule has 0 radical (unpaired) electrons. The van der Waals surface area contributed by atoms with Gasteiger partial charge in [-0.25, -0.2) is 4.98 Å². The van der Waals surface area contributed by atoms with E-state index in [1.165, 1.54) is 0 Å². The highest BCUT2D eigenvalue weighted by Gasteiger charge is 2.17. The minimum atomic E-state index is 0.628. The number of nitrogen functional groups attached to an aromatic ring is 1. The molecule has 19 heavy (non-hydrogen) atoms. The number of aryl methyl sites for hydroxylation is 1. The van der Waals surface area contributed by atoms with E-state index in [0.717, 1.165) is 35.0 Å². The Morgan fingerprint density at radius 1 is 1.26 bits per heavy atom. The number of nitrogens with two attached hydrogens (primary N) is 1. The predicted molar refractivity (Wildman–Crippen MR) is 75.5 cm³/mol. The van der Waals surface area contributed by atoms with E-state index < -0.39 is 0 Å². The van der Waals surface area contributed by atoms with E-state index in [4.69, 9.17) is 15.2 Å². The first-order valence-electron chi connectivity index (χ1n) is 6.15. The second-order valence-electron chi connectivity index (χ2n) is 4.24. The smallest absolute Gasteiger partial charge is 0.131 e. The van der Waals surface area contributed by atoms with Crippen LogP contribution in [0, 0.1) is 0 Å². The van der Waals surface area contributed by atoms with Crippen molar-refractivity contribution in [3.8, 4) is 22.8 Å². The van der Waals surface area contributed by atoms with Gasteiger partial charge in [0.2, 0.25) is 0 Å². The lowest BCUT2D eigenvalue weighted by molar-refractivity contribution is 0.404. The summed E-state index contributed by atoms with van der Waals surface area (Å²) in [6, 6.07) is 5.59. The van der Waals surface area contributed by atoms with Gasteiger partial charge >= 0.3 is 0 Å². The molecule has 0 aliphatic heterocycles. The molecule has 2 rings (SSSR count). The van der Waals surface area contributed by atoms with Crippen molar-refractivity contribution in [2.45, 2.75) is 13.3 Å². The van der Waals surface area contributed by atoms with Crippen molar-refractivity contribution < 1.29 is 9.47 Å². The topological polar surface area (TPSA) is 62.3 Å². The van der Waals surface area contributed by atoms with Crippen LogP contribution in [0.4, 0.5) is 5.82 Å². The Balaban J connectivity index is 2.63. The largest absolute Gasteiger partial charge is 0.497 e. The molecule has 1 aromatic carbocycles. The number of hydrogen-bond acceptors (Lipinski definition) is 4. The quantitative estimate of drug-likeness (QED) is 0.917. The Morgan fingerprint density at radius 3 is 2.53 bits per heavy atom. The van der Waals surface area contributed by atoms with E-state index in [0.29, 0.717) is 5.82 Å². The second-order valence-corrected chi connectivity index (χ2v) is 4.24. The van der Waals surface area contributed by atoms with E-state index in [2.05, 4.69) is 4.98 Å². The van der Waals surface area contributed by atoms with Crippen molar-refractivity contribution >= 4 is 5.82 Å². The van der Waals surface area contributed by atoms with Gasteiger partial charge in [-0.05, 0) is 18.2 Å². The molecule has 2 N–H and O–H groups in total. The SMILES string of the molecule is CCc1nc(-c2cc(OC)ccc2OC)c(N)n1C. The van der Waals surface area contributed by atoms with E-state index in [-0.39, 0.29) is 0 Å². The number of imidazole rings is 1. The lowest BCUT2D eigenvalue weighted by atomic mass is 10.1. The van der Waals surface area contributed by atoms with Gasteiger partial charge in [0, 0.05) is 19.0 Å². The van der Waals surface area contributed by atoms with Crippen LogP contribution in [0.5, 0.6) is 11.5 Å². The summed E-state index contributed by atoms with van der Waals surface area (Å²) in [7, 11) is 5.17. The molecule has 0 saturated carbocycles. The number of ether oxygens (including phenoxy) is 2. The van der Waals surface area contributed by atoms with Crippen LogP contribution in [0.1, 0.15) is 12.7 Å². The van der Waals surface area contributed by atoms with Gasteiger partial charge in [-0.3, -0.25) is 0 Å². The summed E-state index contributed by atoms with van der Waals surface area (Å²) in [6.45, 7) is 2.05. The van der Waals surface area contributed by atoms with E-state index in [9.17, 15) is 0 Å². The molecule has 0 unspecified atom stereocenters. The molecule has 2 aromatic rings. The number of hydrogen-bond donors (Lipinski definition) is 1. The Morgan fingerprint density at radius 2 is 2.00 bits per heavy atom. The summed E-state index contributed by atoms with van der Waals surface area (Å²) in [4.78, 5) is 4.58. The lowest BCUT2D eigenvalue weighted by Crippen LogP contribution is -2.00. The van der Waals surface area contributed by atoms with Gasteiger partial charge < -0.3 is 19.8 Å². The molecule has 1 aromatic heterocycles. The maximum atomic E-state index is 6.13. The summed E-state index contributed by atoms with van der Waals surface area (Å²) < 4.78 is 12.5. The van der Waals surface area contributed by atoms with Gasteiger partial charge in [-0.1, -0.05) is 6.92 Å². The van der Waals surface area contributed by atoms with Crippen molar-refractivity contribution in [1.82, 2.24) is 9.55 Å². The summed E-state index contributed by atoms with van der Waals surface area (Å²) >= 11 is 0. The number of rotatable bonds is 4. The van der Waals surface area contributed by atoms with Gasteiger partial charge in [0.25, 0.3) is 0 Å². The zero-order valence-corrected chi connectivity index (χ0v) is 11.7. The minimum Gasteiger partial charge on any atom is -0.497 e. The summed E-state index contributed by atoms with van der Waals surface area (Å²) in [5, 5.41) is 0. The lowest BCUT2D eigenvalue weighted by Gasteiger charge is -2.09. The molecular weight excluding hydrogens is 242 g/mol. The van der Waals surface area contributed by atoms with Crippen LogP contribution in [0.3, 0.4) is 0 Å². The monoisotopic (exact) mass is 261 g/mol. The zero-order chi connectivity index (χ0) is 14.0. The van der Waals surface area contributed by atoms with Gasteiger partial charge in [0.05, 0.1) is 14.2 Å². The Kier molecular flexibility index (Phi) is 3.64. The number of benzene rings is 1. The standard InChI is InChI=1S/C14H19N3O2/c1-5-12-16-13(14(15)17(12)2)10-8-9(18-3)6-7-11(10)19-4/h6-8H,5,15H2,1-4H3. The fourth-order valence-electron chi connectivity index (χ4n) is 2.07. The molecule has 5 heteroatoms. The van der Waals surface area contributed by atoms with Crippen molar-refractivity contribution in [3.63, 3.8) is 0 Å². The van der Waals surface area contributed by atoms with Crippen LogP contribution in [0.15, 0.2) is 18.2 Å². The van der Waals surface area contributed by atoms with Crippen molar-refractivity contribution in [2.24, 2.45) is 7.05 Å². The first-order valence-corrected chi connectivity index (χ1v) is 6.15. The maximum absolute atomic E-state index is 6.13. The molecule has 0 atom stereocenters. The summed E-state index contributed by atoms with van der Waals surface area (Å²) in [5.74, 6) is 3.05. The number of methoxy groups -OCH3 is 2. The van der Waals surface area contributed by atoms with E-state index in [1.807, 2.05) is 36.7 Å². The molecule has 1 heterocycles. The highest BCUT2D eigenvalue weighted by atomic mass is 16.5. The average molecular weight is 261 g/mol. The van der Waals surface area contributed by atoms with Gasteiger partial charge in [0.1, 0.15) is 28.8 Å². The second kappa shape index (κ2) is 5.22. The molecule has 0 spiro atoms. The number of nitrogens with zero attached hydrogens (tertiary/aromatic N) is 2. The van der Waals surface area contributed by atoms with Crippen LogP contribution in [-0.4, -0.2) is 23.8 Å². The van der Waals surface area contributed by atoms with Crippen molar-refractivity contribution in [3.05, 3.63) is 24.0 Å². The summed E-state index contributed by atoms with van der Waals surface area (Å²) in [6.07, 6.45) is 0.826. The fraction of sp³-hybridized carbons (Fsp3) is 0.357. The first kappa shape index (κ1) is 13.3. The number of anilines is 1. The van der Waals surface area contributed by atoms with Crippen LogP contribution >= 0.6 is 0 Å². The highest BCUT2D eigenvalue weighted by Crippen LogP contribution is 2.36. The third-order valence-corrected chi connectivity index (χ3v) is 3.21. The van der Waals surface area contributed by atoms with Gasteiger partial charge in [-0.15, -0.1) is 0 Å². The molecule has 102 valence electrons. The zero-order valence-electron chi connectivity index (χ0n) is 11.7. The molecule has 0 aliphatic carbocycles. The third-order valence-electron chi connectivity index (χ3n) is 3.21. The maximum Gasteiger partial charge on any atom is 0.131 e. The molecule has 0 fully saturated rings. The van der Waals surface area contributed by atoms with Crippen LogP contribution in [0.2, 0.25) is 0 Å². The molecule has 0 bridgehead atoms. The van der Waals surface area contributed by atoms with Gasteiger partial charge in [0.15, 0.2) is 0 Å². The third kappa shape index (κ3) is 2.23. The van der Waals surface area contributed by atoms with E-state index in [1.54, 1.807) is 14.2 Å². The molecule has 5 nitrogen and oxygen atoms in total. The number of aromatic nitrogens is 2. The van der Waals surface area contributed by atoms with Crippen LogP contribution in [0.25, 0.3) is 11.3 Å². The molecule has 0 aliphatic rings. The summed E-state index contributed by atoms with van der Waals surface area (Å²) in [5.41, 5.74) is 7.70. The molecular formula is C14H19N3O2. The average Bonchev–Trinajstić information content (AvgIpc) is 2.74. The van der Waals surface area contributed by atoms with Gasteiger partial charge in [-0.2, -0.15) is 0 Å². The molecule has 0 saturated heterocycles. The van der Waals surface area contributed by atoms with Crippen molar-refractivity contribution in [2.75, 3.05) is 20.0 Å². The highest BCUT2D eigenvalue weighted by molar-refractivity contribution is 5.77. The van der Waals surface area contributed by atoms with Crippen LogP contribution < -0.4 is 15.2 Å².